The number of nitrogens with one attached hydrogen (secondary N) is 1. The van der Waals surface area contributed by atoms with Crippen LogP contribution in [0.5, 0.6) is 0 Å². The number of carbonyl (C=O) groups excluding carboxylic acids is 1. The predicted molar refractivity (Wildman–Crippen MR) is 109 cm³/mol. The summed E-state index contributed by atoms with van der Waals surface area (Å²) in [6.07, 6.45) is 1.96. The Kier molecular flexibility index (Phi) is 7.50. The van der Waals surface area contributed by atoms with Gasteiger partial charge in [-0.25, -0.2) is 4.21 Å². The van der Waals surface area contributed by atoms with Gasteiger partial charge in [0, 0.05) is 7.05 Å². The van der Waals surface area contributed by atoms with E-state index in [1.165, 1.54) is 5.56 Å². The third-order valence-electron chi connectivity index (χ3n) is 4.35. The zero-order valence-corrected chi connectivity index (χ0v) is 17.0. The molecule has 0 saturated heterocycles. The van der Waals surface area contributed by atoms with E-state index in [2.05, 4.69) is 36.3 Å². The van der Waals surface area contributed by atoms with Gasteiger partial charge in [-0.1, -0.05) is 38.1 Å². The minimum Gasteiger partial charge on any atom is -0.359 e. The van der Waals surface area contributed by atoms with Gasteiger partial charge in [0.05, 0.1) is 30.0 Å². The lowest BCUT2D eigenvalue weighted by Crippen LogP contribution is -2.28. The summed E-state index contributed by atoms with van der Waals surface area (Å²) in [6.45, 7) is 6.17. The van der Waals surface area contributed by atoms with Gasteiger partial charge in [0.2, 0.25) is 5.91 Å². The second-order valence-electron chi connectivity index (χ2n) is 6.95. The van der Waals surface area contributed by atoms with Gasteiger partial charge in [0.25, 0.3) is 0 Å². The average Bonchev–Trinajstić information content (AvgIpc) is 2.61. The second kappa shape index (κ2) is 9.62. The lowest BCUT2D eigenvalue weighted by atomic mass is 10.0. The number of benzene rings is 1. The van der Waals surface area contributed by atoms with Gasteiger partial charge >= 0.3 is 0 Å². The topological polar surface area (TPSA) is 82.5 Å². The van der Waals surface area contributed by atoms with Gasteiger partial charge in [-0.2, -0.15) is 0 Å². The molecule has 0 radical (unpaired) electrons. The van der Waals surface area contributed by atoms with E-state index in [0.717, 1.165) is 16.9 Å². The van der Waals surface area contributed by atoms with Gasteiger partial charge in [0.15, 0.2) is 11.1 Å². The van der Waals surface area contributed by atoms with Gasteiger partial charge in [-0.05, 0) is 36.1 Å². The first-order valence-corrected chi connectivity index (χ1v) is 10.2. The molecule has 0 aliphatic rings. The minimum atomic E-state index is -1.90. The average molecular weight is 390 g/mol. The van der Waals surface area contributed by atoms with Crippen LogP contribution in [0.4, 0.5) is 5.69 Å². The maximum atomic E-state index is 12.3. The molecule has 0 aliphatic heterocycles. The number of nitrogens with zero attached hydrogens (tertiary/aromatic N) is 2. The molecule has 7 heteroatoms. The summed E-state index contributed by atoms with van der Waals surface area (Å²) in [5, 5.41) is 2.96. The molecule has 0 fully saturated rings. The molecule has 6 nitrogen and oxygen atoms in total. The molecule has 1 heterocycles. The Labute approximate surface area is 163 Å². The second-order valence-corrected chi connectivity index (χ2v) is 7.85. The maximum absolute atomic E-state index is 12.3. The molecule has 1 aromatic carbocycles. The molecule has 0 spiro atoms. The summed E-state index contributed by atoms with van der Waals surface area (Å²) in [5.74, 6) is 0.431. The fourth-order valence-corrected chi connectivity index (χ4v) is 3.17. The Morgan fingerprint density at radius 1 is 1.19 bits per heavy atom. The van der Waals surface area contributed by atoms with Crippen LogP contribution in [-0.2, 0) is 22.3 Å². The normalized spacial score (nSPS) is 13.3. The summed E-state index contributed by atoms with van der Waals surface area (Å²) in [6, 6.07) is 11.5. The van der Waals surface area contributed by atoms with E-state index in [-0.39, 0.29) is 17.8 Å². The third kappa shape index (κ3) is 6.45. The number of amides is 1. The van der Waals surface area contributed by atoms with Crippen molar-refractivity contribution >= 4 is 22.7 Å². The van der Waals surface area contributed by atoms with E-state index in [0.29, 0.717) is 12.3 Å². The molecule has 0 saturated carbocycles. The van der Waals surface area contributed by atoms with Crippen LogP contribution in [0.3, 0.4) is 0 Å². The Hall–Kier alpha value is -2.25. The highest BCUT2D eigenvalue weighted by Gasteiger charge is 2.12. The van der Waals surface area contributed by atoms with E-state index in [1.54, 1.807) is 18.1 Å². The van der Waals surface area contributed by atoms with Crippen molar-refractivity contribution in [1.82, 2.24) is 10.3 Å². The largest absolute Gasteiger partial charge is 0.359 e. The van der Waals surface area contributed by atoms with Crippen molar-refractivity contribution in [2.75, 3.05) is 17.8 Å². The molecular weight excluding hydrogens is 362 g/mol. The van der Waals surface area contributed by atoms with Gasteiger partial charge < -0.3 is 14.8 Å². The van der Waals surface area contributed by atoms with Gasteiger partial charge in [-0.3, -0.25) is 9.78 Å². The first-order chi connectivity index (χ1) is 12.8. The molecule has 2 aromatic rings. The van der Waals surface area contributed by atoms with Crippen molar-refractivity contribution in [3.8, 4) is 0 Å². The minimum absolute atomic E-state index is 0.0168. The van der Waals surface area contributed by atoms with E-state index in [4.69, 9.17) is 4.55 Å². The highest BCUT2D eigenvalue weighted by Crippen LogP contribution is 2.17. The van der Waals surface area contributed by atoms with Crippen LogP contribution in [0.25, 0.3) is 0 Å². The quantitative estimate of drug-likeness (QED) is 0.677. The van der Waals surface area contributed by atoms with E-state index in [9.17, 15) is 9.00 Å². The molecular formula is C20H27N3O3S. The zero-order valence-electron chi connectivity index (χ0n) is 16.2. The molecule has 1 aromatic heterocycles. The van der Waals surface area contributed by atoms with Crippen LogP contribution in [0.2, 0.25) is 0 Å². The van der Waals surface area contributed by atoms with Crippen molar-refractivity contribution in [3.63, 3.8) is 0 Å². The molecule has 27 heavy (non-hydrogen) atoms. The lowest BCUT2D eigenvalue weighted by molar-refractivity contribution is -0.121. The molecule has 146 valence electrons. The first-order valence-electron chi connectivity index (χ1n) is 8.89. The Morgan fingerprint density at radius 3 is 2.37 bits per heavy atom. The van der Waals surface area contributed by atoms with Crippen LogP contribution in [0.1, 0.15) is 49.6 Å². The standard InChI is InChI=1S/C20H27N3O3S/c1-14(2)17-7-5-16(6-8-17)11-20(24)22-15(3)19-10-9-18(12-21-19)23(4)13-27(25)26/h5-10,12,14-15H,11,13H2,1-4H3,(H,22,24)(H,25,26)/t15-/m1/s1. The molecule has 1 unspecified atom stereocenters. The molecule has 2 N–H and O–H groups in total. The smallest absolute Gasteiger partial charge is 0.224 e. The highest BCUT2D eigenvalue weighted by atomic mass is 32.2. The first kappa shape index (κ1) is 21.1. The number of hydrogen-bond donors (Lipinski definition) is 2. The number of hydrogen-bond acceptors (Lipinski definition) is 4. The molecule has 2 rings (SSSR count). The number of aromatic nitrogens is 1. The van der Waals surface area contributed by atoms with Crippen molar-refractivity contribution in [2.45, 2.75) is 39.2 Å². The van der Waals surface area contributed by atoms with Gasteiger partial charge in [0.1, 0.15) is 5.88 Å². The fourth-order valence-electron chi connectivity index (χ4n) is 2.69. The summed E-state index contributed by atoms with van der Waals surface area (Å²) >= 11 is -1.90. The predicted octanol–water partition coefficient (Wildman–Crippen LogP) is 3.24. The number of anilines is 1. The monoisotopic (exact) mass is 389 g/mol. The summed E-state index contributed by atoms with van der Waals surface area (Å²) in [7, 11) is 1.72. The molecule has 1 amide bonds. The zero-order chi connectivity index (χ0) is 20.0. The SMILES string of the molecule is CC(C)c1ccc(CC(=O)N[C@H](C)c2ccc(N(C)CS(=O)O)cn2)cc1. The van der Waals surface area contributed by atoms with Crippen LogP contribution in [0.15, 0.2) is 42.6 Å². The Balaban J connectivity index is 1.92. The molecule has 0 aliphatic carbocycles. The van der Waals surface area contributed by atoms with Crippen molar-refractivity contribution < 1.29 is 13.6 Å². The number of rotatable bonds is 8. The van der Waals surface area contributed by atoms with Crippen LogP contribution < -0.4 is 10.2 Å². The lowest BCUT2D eigenvalue weighted by Gasteiger charge is -2.18. The highest BCUT2D eigenvalue weighted by molar-refractivity contribution is 7.79. The Morgan fingerprint density at radius 2 is 1.85 bits per heavy atom. The third-order valence-corrected chi connectivity index (χ3v) is 4.96. The molecule has 0 bridgehead atoms. The molecule has 2 atom stereocenters. The van der Waals surface area contributed by atoms with Gasteiger partial charge in [-0.15, -0.1) is 0 Å². The summed E-state index contributed by atoms with van der Waals surface area (Å²) in [4.78, 5) is 18.3. The number of carbonyl (C=O) groups is 1. The van der Waals surface area contributed by atoms with E-state index >= 15 is 0 Å². The van der Waals surface area contributed by atoms with Crippen LogP contribution in [0, 0.1) is 0 Å². The number of pyridine rings is 1. The van der Waals surface area contributed by atoms with E-state index in [1.807, 2.05) is 31.2 Å². The van der Waals surface area contributed by atoms with Crippen molar-refractivity contribution in [2.24, 2.45) is 0 Å². The fraction of sp³-hybridized carbons (Fsp3) is 0.400. The maximum Gasteiger partial charge on any atom is 0.224 e. The summed E-state index contributed by atoms with van der Waals surface area (Å²) in [5.41, 5.74) is 3.71. The van der Waals surface area contributed by atoms with Crippen LogP contribution >= 0.6 is 0 Å². The summed E-state index contributed by atoms with van der Waals surface area (Å²) < 4.78 is 19.8. The van der Waals surface area contributed by atoms with Crippen LogP contribution in [-0.4, -0.2) is 32.6 Å². The van der Waals surface area contributed by atoms with Crippen molar-refractivity contribution in [1.29, 1.82) is 0 Å². The van der Waals surface area contributed by atoms with E-state index < -0.39 is 11.1 Å². The van der Waals surface area contributed by atoms with Crippen molar-refractivity contribution in [3.05, 3.63) is 59.4 Å². The Bertz CT molecular complexity index is 776.